The molecule has 1 heterocycles. The van der Waals surface area contributed by atoms with E-state index in [-0.39, 0.29) is 6.42 Å². The standard InChI is InChI=1S/C18H34O3/c1-2-3-4-5-7-10-13-16-17(21-16)14-11-8-6-9-12-15-18(19)20/h16-17H,2-15H2,1H3,(H,19,20)/p-1/t16-,17+/m0/s1. The fourth-order valence-corrected chi connectivity index (χ4v) is 2.96. The van der Waals surface area contributed by atoms with E-state index >= 15 is 0 Å². The average Bonchev–Trinajstić information content (AvgIpc) is 3.20. The van der Waals surface area contributed by atoms with Crippen LogP contribution in [0, 0.1) is 0 Å². The first-order chi connectivity index (χ1) is 10.2. The number of carbonyl (C=O) groups excluding carboxylic acids is 1. The Balaban J connectivity index is 1.77. The minimum Gasteiger partial charge on any atom is -0.550 e. The van der Waals surface area contributed by atoms with Crippen molar-refractivity contribution in [1.29, 1.82) is 0 Å². The van der Waals surface area contributed by atoms with Crippen LogP contribution in [0.25, 0.3) is 0 Å². The van der Waals surface area contributed by atoms with Crippen molar-refractivity contribution in [3.63, 3.8) is 0 Å². The second-order valence-electron chi connectivity index (χ2n) is 6.45. The van der Waals surface area contributed by atoms with Crippen LogP contribution in [-0.2, 0) is 9.53 Å². The van der Waals surface area contributed by atoms with E-state index in [4.69, 9.17) is 4.74 Å². The molecular formula is C18H33O3-. The minimum atomic E-state index is -0.918. The van der Waals surface area contributed by atoms with Gasteiger partial charge >= 0.3 is 0 Å². The van der Waals surface area contributed by atoms with Gasteiger partial charge in [-0.3, -0.25) is 0 Å². The molecule has 0 saturated carbocycles. The lowest BCUT2D eigenvalue weighted by molar-refractivity contribution is -0.305. The molecule has 1 aliphatic heterocycles. The maximum atomic E-state index is 10.3. The number of rotatable bonds is 15. The highest BCUT2D eigenvalue weighted by molar-refractivity contribution is 5.63. The third-order valence-corrected chi connectivity index (χ3v) is 4.40. The fraction of sp³-hybridized carbons (Fsp3) is 0.944. The Labute approximate surface area is 130 Å². The Bertz CT molecular complexity index is 265. The highest BCUT2D eigenvalue weighted by atomic mass is 16.6. The zero-order chi connectivity index (χ0) is 15.3. The first-order valence-electron chi connectivity index (χ1n) is 9.09. The van der Waals surface area contributed by atoms with Crippen molar-refractivity contribution >= 4 is 5.97 Å². The van der Waals surface area contributed by atoms with E-state index in [2.05, 4.69) is 6.92 Å². The van der Waals surface area contributed by atoms with Crippen LogP contribution < -0.4 is 5.11 Å². The number of epoxide rings is 1. The molecule has 0 aromatic heterocycles. The van der Waals surface area contributed by atoms with Gasteiger partial charge in [-0.2, -0.15) is 0 Å². The molecule has 124 valence electrons. The van der Waals surface area contributed by atoms with Crippen molar-refractivity contribution in [2.24, 2.45) is 0 Å². The molecule has 3 nitrogen and oxygen atoms in total. The number of hydrogen-bond donors (Lipinski definition) is 0. The molecule has 0 amide bonds. The Hall–Kier alpha value is -0.570. The molecule has 1 fully saturated rings. The van der Waals surface area contributed by atoms with E-state index in [0.717, 1.165) is 19.3 Å². The summed E-state index contributed by atoms with van der Waals surface area (Å²) in [5.74, 6) is -0.918. The van der Waals surface area contributed by atoms with E-state index < -0.39 is 5.97 Å². The van der Waals surface area contributed by atoms with Crippen molar-refractivity contribution in [2.75, 3.05) is 0 Å². The van der Waals surface area contributed by atoms with Crippen LogP contribution in [0.1, 0.15) is 96.8 Å². The topological polar surface area (TPSA) is 52.7 Å². The lowest BCUT2D eigenvalue weighted by Crippen LogP contribution is -2.21. The molecule has 0 aromatic rings. The number of ether oxygens (including phenoxy) is 1. The van der Waals surface area contributed by atoms with Gasteiger partial charge in [0.15, 0.2) is 0 Å². The van der Waals surface area contributed by atoms with Crippen LogP contribution in [0.15, 0.2) is 0 Å². The van der Waals surface area contributed by atoms with Crippen molar-refractivity contribution in [2.45, 2.75) is 109 Å². The third-order valence-electron chi connectivity index (χ3n) is 4.40. The van der Waals surface area contributed by atoms with Gasteiger partial charge in [0.05, 0.1) is 12.2 Å². The maximum absolute atomic E-state index is 10.3. The summed E-state index contributed by atoms with van der Waals surface area (Å²) >= 11 is 0. The van der Waals surface area contributed by atoms with Crippen molar-refractivity contribution in [3.8, 4) is 0 Å². The van der Waals surface area contributed by atoms with Crippen molar-refractivity contribution in [3.05, 3.63) is 0 Å². The Kier molecular flexibility index (Phi) is 10.6. The zero-order valence-corrected chi connectivity index (χ0v) is 13.8. The van der Waals surface area contributed by atoms with Gasteiger partial charge in [-0.15, -0.1) is 0 Å². The Morgan fingerprint density at radius 3 is 1.81 bits per heavy atom. The first kappa shape index (κ1) is 18.5. The van der Waals surface area contributed by atoms with Crippen molar-refractivity contribution < 1.29 is 14.6 Å². The Morgan fingerprint density at radius 2 is 1.29 bits per heavy atom. The number of hydrogen-bond acceptors (Lipinski definition) is 3. The smallest absolute Gasteiger partial charge is 0.0841 e. The van der Waals surface area contributed by atoms with Crippen LogP contribution in [0.3, 0.4) is 0 Å². The van der Waals surface area contributed by atoms with Gasteiger partial charge < -0.3 is 14.6 Å². The molecule has 3 heteroatoms. The predicted octanol–water partition coefficient (Wildman–Crippen LogP) is 3.99. The number of unbranched alkanes of at least 4 members (excludes halogenated alkanes) is 9. The van der Waals surface area contributed by atoms with Gasteiger partial charge in [0, 0.05) is 5.97 Å². The summed E-state index contributed by atoms with van der Waals surface area (Å²) in [5.41, 5.74) is 0. The van der Waals surface area contributed by atoms with Crippen molar-refractivity contribution in [1.82, 2.24) is 0 Å². The zero-order valence-electron chi connectivity index (χ0n) is 13.8. The summed E-state index contributed by atoms with van der Waals surface area (Å²) in [5, 5.41) is 10.3. The second-order valence-corrected chi connectivity index (χ2v) is 6.45. The molecule has 0 aromatic carbocycles. The van der Waals surface area contributed by atoms with E-state index in [1.165, 1.54) is 64.2 Å². The summed E-state index contributed by atoms with van der Waals surface area (Å²) in [6.07, 6.45) is 17.3. The van der Waals surface area contributed by atoms with Crippen LogP contribution in [0.2, 0.25) is 0 Å². The molecule has 1 aliphatic rings. The van der Waals surface area contributed by atoms with E-state index in [9.17, 15) is 9.90 Å². The molecule has 0 unspecified atom stereocenters. The van der Waals surface area contributed by atoms with Crippen LogP contribution in [0.4, 0.5) is 0 Å². The fourth-order valence-electron chi connectivity index (χ4n) is 2.96. The van der Waals surface area contributed by atoms with E-state index in [0.29, 0.717) is 12.2 Å². The number of carboxylic acid groups (broad SMARTS) is 1. The van der Waals surface area contributed by atoms with E-state index in [1.54, 1.807) is 0 Å². The van der Waals surface area contributed by atoms with E-state index in [1.807, 2.05) is 0 Å². The largest absolute Gasteiger partial charge is 0.550 e. The lowest BCUT2D eigenvalue weighted by atomic mass is 10.0. The normalized spacial score (nSPS) is 20.6. The summed E-state index contributed by atoms with van der Waals surface area (Å²) in [6.45, 7) is 2.26. The summed E-state index contributed by atoms with van der Waals surface area (Å²) in [6, 6.07) is 0. The number of carboxylic acids is 1. The summed E-state index contributed by atoms with van der Waals surface area (Å²) < 4.78 is 5.72. The highest BCUT2D eigenvalue weighted by Crippen LogP contribution is 2.31. The summed E-state index contributed by atoms with van der Waals surface area (Å²) in [4.78, 5) is 10.3. The maximum Gasteiger partial charge on any atom is 0.0841 e. The van der Waals surface area contributed by atoms with Gasteiger partial charge in [0.2, 0.25) is 0 Å². The summed E-state index contributed by atoms with van der Waals surface area (Å²) in [7, 11) is 0. The second kappa shape index (κ2) is 12.0. The van der Waals surface area contributed by atoms with Gasteiger partial charge in [-0.1, -0.05) is 71.1 Å². The molecule has 0 radical (unpaired) electrons. The number of aliphatic carboxylic acids is 1. The molecule has 21 heavy (non-hydrogen) atoms. The molecule has 0 spiro atoms. The third kappa shape index (κ3) is 10.8. The predicted molar refractivity (Wildman–Crippen MR) is 84.0 cm³/mol. The van der Waals surface area contributed by atoms with Crippen LogP contribution in [-0.4, -0.2) is 18.2 Å². The number of carbonyl (C=O) groups is 1. The molecule has 2 atom stereocenters. The molecule has 0 N–H and O–H groups in total. The van der Waals surface area contributed by atoms with Crippen LogP contribution in [0.5, 0.6) is 0 Å². The SMILES string of the molecule is CCCCCCCC[C@@H]1O[C@@H]1CCCCCCCC(=O)[O-]. The quantitative estimate of drug-likeness (QED) is 0.339. The van der Waals surface area contributed by atoms with Crippen LogP contribution >= 0.6 is 0 Å². The van der Waals surface area contributed by atoms with Gasteiger partial charge in [-0.05, 0) is 25.7 Å². The van der Waals surface area contributed by atoms with Gasteiger partial charge in [0.25, 0.3) is 0 Å². The minimum absolute atomic E-state index is 0.214. The van der Waals surface area contributed by atoms with Gasteiger partial charge in [0.1, 0.15) is 0 Å². The first-order valence-corrected chi connectivity index (χ1v) is 9.09. The molecule has 1 saturated heterocycles. The van der Waals surface area contributed by atoms with Gasteiger partial charge in [-0.25, -0.2) is 0 Å². The molecule has 0 aliphatic carbocycles. The molecule has 0 bridgehead atoms. The highest BCUT2D eigenvalue weighted by Gasteiger charge is 2.36. The average molecular weight is 297 g/mol. The monoisotopic (exact) mass is 297 g/mol. The lowest BCUT2D eigenvalue weighted by Gasteiger charge is -2.02. The molecule has 1 rings (SSSR count). The molecular weight excluding hydrogens is 264 g/mol. The Morgan fingerprint density at radius 1 is 0.810 bits per heavy atom.